The van der Waals surface area contributed by atoms with E-state index in [4.69, 9.17) is 0 Å². The van der Waals surface area contributed by atoms with Crippen LogP contribution in [0.5, 0.6) is 0 Å². The number of hydrogen-bond acceptors (Lipinski definition) is 3. The van der Waals surface area contributed by atoms with Crippen LogP contribution in [-0.4, -0.2) is 5.91 Å². The smallest absolute Gasteiger partial charge is 0.267 e. The monoisotopic (exact) mass is 361 g/mol. The second kappa shape index (κ2) is 10.2. The molecule has 0 aliphatic rings. The summed E-state index contributed by atoms with van der Waals surface area (Å²) in [4.78, 5) is 12.3. The molecule has 0 fully saturated rings. The predicted octanol–water partition coefficient (Wildman–Crippen LogP) is 5.61. The lowest BCUT2D eigenvalue weighted by molar-refractivity contribution is -0.112. The summed E-state index contributed by atoms with van der Waals surface area (Å²) in [5, 5.41) is 15.1. The highest BCUT2D eigenvalue weighted by Crippen LogP contribution is 2.18. The van der Waals surface area contributed by atoms with Crippen LogP contribution in [0.4, 0.5) is 11.4 Å². The first-order chi connectivity index (χ1) is 13.0. The van der Waals surface area contributed by atoms with Gasteiger partial charge in [-0.05, 0) is 54.2 Å². The molecule has 0 saturated heterocycles. The van der Waals surface area contributed by atoms with Gasteiger partial charge in [0.05, 0.1) is 0 Å². The Morgan fingerprint density at radius 1 is 1.07 bits per heavy atom. The molecule has 27 heavy (non-hydrogen) atoms. The summed E-state index contributed by atoms with van der Waals surface area (Å²) in [5.41, 5.74) is 4.03. The third-order valence-corrected chi connectivity index (χ3v) is 4.36. The van der Waals surface area contributed by atoms with Gasteiger partial charge in [0.25, 0.3) is 5.91 Å². The third kappa shape index (κ3) is 6.31. The maximum absolute atomic E-state index is 12.3. The van der Waals surface area contributed by atoms with E-state index in [9.17, 15) is 10.1 Å². The van der Waals surface area contributed by atoms with Crippen LogP contribution in [0, 0.1) is 11.3 Å². The summed E-state index contributed by atoms with van der Waals surface area (Å²) >= 11 is 0. The van der Waals surface area contributed by atoms with E-state index in [1.165, 1.54) is 30.2 Å². The van der Waals surface area contributed by atoms with Crippen LogP contribution in [0.1, 0.15) is 50.7 Å². The Morgan fingerprint density at radius 2 is 1.70 bits per heavy atom. The summed E-state index contributed by atoms with van der Waals surface area (Å²) in [6.45, 7) is 6.41. The van der Waals surface area contributed by atoms with Gasteiger partial charge in [-0.25, -0.2) is 0 Å². The third-order valence-electron chi connectivity index (χ3n) is 4.36. The highest BCUT2D eigenvalue weighted by Gasteiger charge is 2.09. The molecule has 1 amide bonds. The zero-order chi connectivity index (χ0) is 19.6. The topological polar surface area (TPSA) is 64.9 Å². The number of nitrogens with one attached hydrogen (secondary N) is 2. The van der Waals surface area contributed by atoms with E-state index in [0.29, 0.717) is 11.6 Å². The van der Waals surface area contributed by atoms with Gasteiger partial charge in [0, 0.05) is 17.6 Å². The van der Waals surface area contributed by atoms with Crippen LogP contribution in [0.2, 0.25) is 0 Å². The molecule has 0 unspecified atom stereocenters. The van der Waals surface area contributed by atoms with Gasteiger partial charge in [-0.1, -0.05) is 51.5 Å². The van der Waals surface area contributed by atoms with Crippen molar-refractivity contribution in [1.29, 1.82) is 5.26 Å². The fourth-order valence-corrected chi connectivity index (χ4v) is 2.60. The van der Waals surface area contributed by atoms with Gasteiger partial charge in [0.15, 0.2) is 0 Å². The molecule has 0 bridgehead atoms. The van der Waals surface area contributed by atoms with Gasteiger partial charge < -0.3 is 10.6 Å². The molecule has 2 aromatic carbocycles. The van der Waals surface area contributed by atoms with Crippen molar-refractivity contribution in [3.05, 3.63) is 71.4 Å². The SMILES string of the molecule is CCCCc1ccc(N/C=C(/C#N)C(=O)Nc2ccc(C(C)C)cc2)cc1. The molecule has 0 aliphatic heterocycles. The molecule has 2 rings (SSSR count). The van der Waals surface area contributed by atoms with Gasteiger partial charge in [0.1, 0.15) is 11.6 Å². The van der Waals surface area contributed by atoms with Crippen molar-refractivity contribution in [1.82, 2.24) is 0 Å². The van der Waals surface area contributed by atoms with Crippen LogP contribution in [0.25, 0.3) is 0 Å². The second-order valence-corrected chi connectivity index (χ2v) is 6.85. The molecule has 4 heteroatoms. The molecule has 0 spiro atoms. The van der Waals surface area contributed by atoms with E-state index in [-0.39, 0.29) is 5.57 Å². The number of carbonyl (C=O) groups excluding carboxylic acids is 1. The molecule has 0 aliphatic carbocycles. The molecule has 0 radical (unpaired) electrons. The van der Waals surface area contributed by atoms with Crippen LogP contribution >= 0.6 is 0 Å². The normalized spacial score (nSPS) is 11.1. The van der Waals surface area contributed by atoms with Crippen molar-refractivity contribution >= 4 is 17.3 Å². The molecule has 2 N–H and O–H groups in total. The van der Waals surface area contributed by atoms with E-state index in [1.807, 2.05) is 42.5 Å². The van der Waals surface area contributed by atoms with E-state index in [0.717, 1.165) is 12.1 Å². The Bertz CT molecular complexity index is 812. The highest BCUT2D eigenvalue weighted by molar-refractivity contribution is 6.06. The average Bonchev–Trinajstić information content (AvgIpc) is 2.68. The van der Waals surface area contributed by atoms with Gasteiger partial charge >= 0.3 is 0 Å². The Balaban J connectivity index is 1.98. The number of hydrogen-bond donors (Lipinski definition) is 2. The fraction of sp³-hybridized carbons (Fsp3) is 0.304. The van der Waals surface area contributed by atoms with Gasteiger partial charge in [-0.2, -0.15) is 5.26 Å². The Hall–Kier alpha value is -3.06. The van der Waals surface area contributed by atoms with Crippen LogP contribution in [-0.2, 0) is 11.2 Å². The van der Waals surface area contributed by atoms with E-state index >= 15 is 0 Å². The maximum Gasteiger partial charge on any atom is 0.267 e. The lowest BCUT2D eigenvalue weighted by atomic mass is 10.0. The number of amides is 1. The van der Waals surface area contributed by atoms with Crippen LogP contribution in [0.15, 0.2) is 60.3 Å². The minimum absolute atomic E-state index is 0.0259. The lowest BCUT2D eigenvalue weighted by Crippen LogP contribution is -2.14. The molecule has 0 atom stereocenters. The zero-order valence-electron chi connectivity index (χ0n) is 16.3. The number of carbonyl (C=O) groups is 1. The van der Waals surface area contributed by atoms with Gasteiger partial charge in [-0.15, -0.1) is 0 Å². The predicted molar refractivity (Wildman–Crippen MR) is 112 cm³/mol. The van der Waals surface area contributed by atoms with Crippen molar-refractivity contribution in [2.45, 2.75) is 46.0 Å². The molecule has 0 aromatic heterocycles. The highest BCUT2D eigenvalue weighted by atomic mass is 16.1. The lowest BCUT2D eigenvalue weighted by Gasteiger charge is -2.08. The quantitative estimate of drug-likeness (QED) is 0.474. The van der Waals surface area contributed by atoms with Gasteiger partial charge in [0.2, 0.25) is 0 Å². The molecular formula is C23H27N3O. The number of aryl methyl sites for hydroxylation is 1. The molecular weight excluding hydrogens is 334 g/mol. The largest absolute Gasteiger partial charge is 0.360 e. The minimum Gasteiger partial charge on any atom is -0.360 e. The second-order valence-electron chi connectivity index (χ2n) is 6.85. The van der Waals surface area contributed by atoms with Gasteiger partial charge in [-0.3, -0.25) is 4.79 Å². The minimum atomic E-state index is -0.429. The fourth-order valence-electron chi connectivity index (χ4n) is 2.60. The standard InChI is InChI=1S/C23H27N3O/c1-4-5-6-18-7-11-21(12-8-18)25-16-20(15-24)23(27)26-22-13-9-19(10-14-22)17(2)3/h7-14,16-17,25H,4-6H2,1-3H3,(H,26,27)/b20-16-. The molecule has 0 saturated carbocycles. The number of nitrogens with zero attached hydrogens (tertiary/aromatic N) is 1. The average molecular weight is 361 g/mol. The van der Waals surface area contributed by atoms with Crippen LogP contribution < -0.4 is 10.6 Å². The maximum atomic E-state index is 12.3. The molecule has 0 heterocycles. The summed E-state index contributed by atoms with van der Waals surface area (Å²) in [5.74, 6) is 0.00346. The first kappa shape index (κ1) is 20.3. The van der Waals surface area contributed by atoms with Crippen molar-refractivity contribution < 1.29 is 4.79 Å². The number of rotatable bonds is 8. The van der Waals surface area contributed by atoms with Crippen LogP contribution in [0.3, 0.4) is 0 Å². The van der Waals surface area contributed by atoms with Crippen molar-refractivity contribution in [2.24, 2.45) is 0 Å². The first-order valence-electron chi connectivity index (χ1n) is 9.40. The number of nitriles is 1. The van der Waals surface area contributed by atoms with E-state index in [2.05, 4.69) is 43.5 Å². The number of benzene rings is 2. The summed E-state index contributed by atoms with van der Waals surface area (Å²) in [6, 6.07) is 17.7. The molecule has 2 aromatic rings. The molecule has 140 valence electrons. The van der Waals surface area contributed by atoms with E-state index in [1.54, 1.807) is 0 Å². The van der Waals surface area contributed by atoms with Crippen molar-refractivity contribution in [2.75, 3.05) is 10.6 Å². The summed E-state index contributed by atoms with van der Waals surface area (Å²) < 4.78 is 0. The summed E-state index contributed by atoms with van der Waals surface area (Å²) in [7, 11) is 0. The van der Waals surface area contributed by atoms with Crippen molar-refractivity contribution in [3.8, 4) is 6.07 Å². The Kier molecular flexibility index (Phi) is 7.63. The van der Waals surface area contributed by atoms with E-state index < -0.39 is 5.91 Å². The molecule has 4 nitrogen and oxygen atoms in total. The summed E-state index contributed by atoms with van der Waals surface area (Å²) in [6.07, 6.45) is 4.85. The number of unbranched alkanes of at least 4 members (excludes halogenated alkanes) is 1. The Morgan fingerprint density at radius 3 is 2.26 bits per heavy atom. The number of anilines is 2. The van der Waals surface area contributed by atoms with Crippen molar-refractivity contribution in [3.63, 3.8) is 0 Å². The Labute approximate surface area is 161 Å². The zero-order valence-corrected chi connectivity index (χ0v) is 16.3. The first-order valence-corrected chi connectivity index (χ1v) is 9.40.